The summed E-state index contributed by atoms with van der Waals surface area (Å²) < 4.78 is 6.57. The average molecular weight is 268 g/mol. The van der Waals surface area contributed by atoms with E-state index in [-0.39, 0.29) is 11.8 Å². The van der Waals surface area contributed by atoms with Gasteiger partial charge in [0.15, 0.2) is 11.4 Å². The van der Waals surface area contributed by atoms with E-state index in [1.54, 1.807) is 6.07 Å². The molecule has 1 aliphatic rings. The van der Waals surface area contributed by atoms with Crippen molar-refractivity contribution >= 4 is 17.0 Å². The first kappa shape index (κ1) is 11.2. The van der Waals surface area contributed by atoms with Crippen LogP contribution in [0.15, 0.2) is 34.9 Å². The molecule has 2 aromatic heterocycles. The van der Waals surface area contributed by atoms with Crippen LogP contribution in [-0.4, -0.2) is 19.9 Å². The Morgan fingerprint density at radius 1 is 1.15 bits per heavy atom. The molecule has 2 N–H and O–H groups in total. The maximum atomic E-state index is 10.4. The Labute approximate surface area is 114 Å². The zero-order valence-corrected chi connectivity index (χ0v) is 10.6. The maximum Gasteiger partial charge on any atom is 0.207 e. The smallest absolute Gasteiger partial charge is 0.207 e. The number of para-hydroxylation sites is 1. The van der Waals surface area contributed by atoms with Gasteiger partial charge in [0.25, 0.3) is 0 Å². The molecular weight excluding hydrogens is 256 g/mol. The third-order valence-corrected chi connectivity index (χ3v) is 3.68. The fourth-order valence-electron chi connectivity index (χ4n) is 2.70. The molecule has 0 bridgehead atoms. The van der Waals surface area contributed by atoms with Crippen molar-refractivity contribution in [2.45, 2.75) is 12.8 Å². The van der Waals surface area contributed by atoms with Gasteiger partial charge in [-0.05, 0) is 25.0 Å². The molecule has 0 saturated heterocycles. The highest BCUT2D eigenvalue weighted by molar-refractivity contribution is 5.85. The lowest BCUT2D eigenvalue weighted by atomic mass is 10.0. The van der Waals surface area contributed by atoms with E-state index in [9.17, 15) is 10.2 Å². The van der Waals surface area contributed by atoms with Crippen LogP contribution in [-0.2, 0) is 6.42 Å². The van der Waals surface area contributed by atoms with Crippen LogP contribution in [0.5, 0.6) is 11.8 Å². The highest BCUT2D eigenvalue weighted by Crippen LogP contribution is 2.41. The standard InChI is InChI=1S/C15H12N2O3/c18-14-9-5-1-2-6-10(9)15(19)17(14)13-11-7-3-4-8-12(11)20-16-13/h1,3-5,7-8,18-19H,2,6H2. The van der Waals surface area contributed by atoms with Gasteiger partial charge in [0.1, 0.15) is 0 Å². The third-order valence-electron chi connectivity index (χ3n) is 3.68. The molecule has 2 heterocycles. The van der Waals surface area contributed by atoms with Crippen molar-refractivity contribution in [3.8, 4) is 17.6 Å². The number of nitrogens with zero attached hydrogens (tertiary/aromatic N) is 2. The minimum absolute atomic E-state index is 0.00694. The van der Waals surface area contributed by atoms with Crippen LogP contribution in [0.2, 0.25) is 0 Å². The summed E-state index contributed by atoms with van der Waals surface area (Å²) in [6.45, 7) is 0. The Hall–Kier alpha value is -2.69. The zero-order valence-electron chi connectivity index (χ0n) is 10.6. The zero-order chi connectivity index (χ0) is 13.7. The summed E-state index contributed by atoms with van der Waals surface area (Å²) in [6.07, 6.45) is 5.36. The summed E-state index contributed by atoms with van der Waals surface area (Å²) in [5.41, 5.74) is 2.02. The number of aromatic nitrogens is 2. The molecule has 0 radical (unpaired) electrons. The first-order chi connectivity index (χ1) is 9.77. The summed E-state index contributed by atoms with van der Waals surface area (Å²) in [5.74, 6) is 0.423. The Balaban J connectivity index is 2.04. The first-order valence-corrected chi connectivity index (χ1v) is 6.44. The van der Waals surface area contributed by atoms with Crippen LogP contribution in [0, 0.1) is 0 Å². The first-order valence-electron chi connectivity index (χ1n) is 6.44. The fourth-order valence-corrected chi connectivity index (χ4v) is 2.70. The molecule has 1 aromatic carbocycles. The molecular formula is C15H12N2O3. The van der Waals surface area contributed by atoms with Crippen molar-refractivity contribution in [3.63, 3.8) is 0 Å². The summed E-state index contributed by atoms with van der Waals surface area (Å²) in [5, 5.41) is 25.5. The van der Waals surface area contributed by atoms with Gasteiger partial charge in [-0.1, -0.05) is 29.4 Å². The average Bonchev–Trinajstić information content (AvgIpc) is 3.01. The molecule has 0 aliphatic heterocycles. The van der Waals surface area contributed by atoms with Gasteiger partial charge in [-0.2, -0.15) is 0 Å². The molecule has 0 spiro atoms. The fraction of sp³-hybridized carbons (Fsp3) is 0.133. The topological polar surface area (TPSA) is 71.4 Å². The van der Waals surface area contributed by atoms with Crippen molar-refractivity contribution in [3.05, 3.63) is 41.5 Å². The lowest BCUT2D eigenvalue weighted by Crippen LogP contribution is -1.94. The molecule has 3 aromatic rings. The summed E-state index contributed by atoms with van der Waals surface area (Å²) in [4.78, 5) is 0. The van der Waals surface area contributed by atoms with E-state index in [4.69, 9.17) is 4.52 Å². The van der Waals surface area contributed by atoms with Crippen molar-refractivity contribution in [1.82, 2.24) is 9.72 Å². The second-order valence-electron chi connectivity index (χ2n) is 4.82. The number of hydrogen-bond acceptors (Lipinski definition) is 4. The molecule has 0 unspecified atom stereocenters. The summed E-state index contributed by atoms with van der Waals surface area (Å²) in [7, 11) is 0. The minimum atomic E-state index is -0.00694. The van der Waals surface area contributed by atoms with Gasteiger partial charge in [0.2, 0.25) is 11.8 Å². The maximum absolute atomic E-state index is 10.4. The van der Waals surface area contributed by atoms with Crippen LogP contribution in [0.3, 0.4) is 0 Å². The van der Waals surface area contributed by atoms with Gasteiger partial charge in [-0.3, -0.25) is 0 Å². The molecule has 0 saturated carbocycles. The highest BCUT2D eigenvalue weighted by Gasteiger charge is 2.25. The molecule has 20 heavy (non-hydrogen) atoms. The van der Waals surface area contributed by atoms with Crippen LogP contribution < -0.4 is 0 Å². The molecule has 5 heteroatoms. The quantitative estimate of drug-likeness (QED) is 0.711. The van der Waals surface area contributed by atoms with Gasteiger partial charge >= 0.3 is 0 Å². The molecule has 5 nitrogen and oxygen atoms in total. The van der Waals surface area contributed by atoms with Gasteiger partial charge in [-0.15, -0.1) is 0 Å². The number of allylic oxidation sites excluding steroid dienone is 1. The van der Waals surface area contributed by atoms with Crippen molar-refractivity contribution in [1.29, 1.82) is 0 Å². The van der Waals surface area contributed by atoms with E-state index < -0.39 is 0 Å². The Bertz CT molecular complexity index is 842. The lowest BCUT2D eigenvalue weighted by molar-refractivity contribution is 0.388. The van der Waals surface area contributed by atoms with E-state index in [1.165, 1.54) is 4.57 Å². The van der Waals surface area contributed by atoms with Gasteiger partial charge < -0.3 is 14.7 Å². The molecule has 1 aliphatic carbocycles. The Kier molecular flexibility index (Phi) is 2.18. The Morgan fingerprint density at radius 3 is 2.85 bits per heavy atom. The molecule has 0 atom stereocenters. The SMILES string of the molecule is Oc1c2c(c(O)n1-c1noc3ccccc13)CCC=C2. The molecule has 100 valence electrons. The Morgan fingerprint density at radius 2 is 2.00 bits per heavy atom. The summed E-state index contributed by atoms with van der Waals surface area (Å²) in [6, 6.07) is 7.35. The number of benzene rings is 1. The van der Waals surface area contributed by atoms with Gasteiger partial charge in [-0.25, -0.2) is 4.57 Å². The van der Waals surface area contributed by atoms with Gasteiger partial charge in [0, 0.05) is 11.1 Å². The largest absolute Gasteiger partial charge is 0.494 e. The van der Waals surface area contributed by atoms with Crippen LogP contribution in [0.1, 0.15) is 17.5 Å². The number of rotatable bonds is 1. The lowest BCUT2D eigenvalue weighted by Gasteiger charge is -2.03. The van der Waals surface area contributed by atoms with E-state index >= 15 is 0 Å². The highest BCUT2D eigenvalue weighted by atomic mass is 16.5. The molecule has 0 amide bonds. The number of hydrogen-bond donors (Lipinski definition) is 2. The number of fused-ring (bicyclic) bond motifs is 2. The van der Waals surface area contributed by atoms with Crippen LogP contribution in [0.25, 0.3) is 22.9 Å². The van der Waals surface area contributed by atoms with E-state index in [0.29, 0.717) is 23.4 Å². The monoisotopic (exact) mass is 268 g/mol. The van der Waals surface area contributed by atoms with Crippen molar-refractivity contribution < 1.29 is 14.7 Å². The normalized spacial score (nSPS) is 13.8. The molecule has 0 fully saturated rings. The van der Waals surface area contributed by atoms with Crippen LogP contribution in [0.4, 0.5) is 0 Å². The molecule has 4 rings (SSSR count). The second kappa shape index (κ2) is 3.90. The second-order valence-corrected chi connectivity index (χ2v) is 4.82. The van der Waals surface area contributed by atoms with Gasteiger partial charge in [0.05, 0.1) is 5.39 Å². The predicted molar refractivity (Wildman–Crippen MR) is 74.0 cm³/mol. The van der Waals surface area contributed by atoms with E-state index in [1.807, 2.05) is 30.4 Å². The number of aromatic hydroxyl groups is 2. The summed E-state index contributed by atoms with van der Waals surface area (Å²) >= 11 is 0. The van der Waals surface area contributed by atoms with E-state index in [2.05, 4.69) is 5.16 Å². The predicted octanol–water partition coefficient (Wildman–Crippen LogP) is 2.99. The van der Waals surface area contributed by atoms with Crippen molar-refractivity contribution in [2.75, 3.05) is 0 Å². The minimum Gasteiger partial charge on any atom is -0.494 e. The van der Waals surface area contributed by atoms with Crippen molar-refractivity contribution in [2.24, 2.45) is 0 Å². The van der Waals surface area contributed by atoms with Crippen LogP contribution >= 0.6 is 0 Å². The third kappa shape index (κ3) is 1.34. The van der Waals surface area contributed by atoms with E-state index in [0.717, 1.165) is 17.4 Å².